The van der Waals surface area contributed by atoms with Crippen molar-refractivity contribution in [3.8, 4) is 11.5 Å². The maximum absolute atomic E-state index is 11.7. The Kier molecular flexibility index (Phi) is 5.83. The van der Waals surface area contributed by atoms with Gasteiger partial charge in [0, 0.05) is 39.6 Å². The van der Waals surface area contributed by atoms with Crippen LogP contribution in [-0.4, -0.2) is 23.2 Å². The number of nitrogens with zero attached hydrogens (tertiary/aromatic N) is 2. The van der Waals surface area contributed by atoms with Crippen LogP contribution in [-0.2, 0) is 27.5 Å². The number of rotatable bonds is 3. The van der Waals surface area contributed by atoms with Crippen LogP contribution in [0, 0.1) is 6.92 Å². The van der Waals surface area contributed by atoms with Crippen molar-refractivity contribution in [2.24, 2.45) is 10.2 Å². The molecule has 0 saturated heterocycles. The second-order valence-corrected chi connectivity index (χ2v) is 8.01. The maximum Gasteiger partial charge on any atom is 0.295 e. The standard InChI is InChI=1S/C21H16N2O5S.Cr/c1-12-6-8-15-16(10-12)19(29(26,27)28)11-18(25)21(15)23-22-20-14-5-3-2-4-13(14)7-9-17(20)24;/h2-11,24-25H,1H3,(H,26,27,28);. The van der Waals surface area contributed by atoms with E-state index >= 15 is 0 Å². The molecule has 0 heterocycles. The molecule has 0 aliphatic carbocycles. The SMILES string of the molecule is Cc1ccc2c(N=Nc3c(O)ccc4ccccc34)c(O)cc(S(=O)(=O)O)c2c1.[Cr]. The minimum absolute atomic E-state index is 0. The van der Waals surface area contributed by atoms with Crippen molar-refractivity contribution in [3.63, 3.8) is 0 Å². The second-order valence-electron chi connectivity index (χ2n) is 6.62. The summed E-state index contributed by atoms with van der Waals surface area (Å²) >= 11 is 0. The molecule has 0 saturated carbocycles. The fraction of sp³-hybridized carbons (Fsp3) is 0.0476. The largest absolute Gasteiger partial charge is 0.506 e. The molecule has 0 atom stereocenters. The smallest absolute Gasteiger partial charge is 0.295 e. The van der Waals surface area contributed by atoms with E-state index in [2.05, 4.69) is 10.2 Å². The van der Waals surface area contributed by atoms with Gasteiger partial charge in [0.05, 0.1) is 0 Å². The van der Waals surface area contributed by atoms with Crippen LogP contribution in [0.5, 0.6) is 11.5 Å². The zero-order valence-electron chi connectivity index (χ0n) is 15.6. The van der Waals surface area contributed by atoms with E-state index in [1.54, 1.807) is 43.3 Å². The quantitative estimate of drug-likeness (QED) is 0.280. The fourth-order valence-electron chi connectivity index (χ4n) is 3.24. The zero-order valence-corrected chi connectivity index (χ0v) is 17.7. The van der Waals surface area contributed by atoms with Crippen molar-refractivity contribution >= 4 is 43.0 Å². The van der Waals surface area contributed by atoms with E-state index in [1.165, 1.54) is 6.07 Å². The molecule has 3 N–H and O–H groups in total. The Bertz CT molecular complexity index is 1420. The van der Waals surface area contributed by atoms with Crippen LogP contribution >= 0.6 is 0 Å². The summed E-state index contributed by atoms with van der Waals surface area (Å²) in [5, 5.41) is 30.9. The third-order valence-corrected chi connectivity index (χ3v) is 5.51. The number of benzene rings is 4. The Hall–Kier alpha value is -2.96. The van der Waals surface area contributed by atoms with Crippen LogP contribution in [0.1, 0.15) is 5.56 Å². The molecule has 0 unspecified atom stereocenters. The summed E-state index contributed by atoms with van der Waals surface area (Å²) < 4.78 is 33.0. The van der Waals surface area contributed by atoms with Gasteiger partial charge in [-0.15, -0.1) is 10.2 Å². The summed E-state index contributed by atoms with van der Waals surface area (Å²) in [5.74, 6) is -0.542. The van der Waals surface area contributed by atoms with Gasteiger partial charge >= 0.3 is 0 Å². The van der Waals surface area contributed by atoms with Gasteiger partial charge in [0.15, 0.2) is 0 Å². The molecule has 4 aromatic rings. The van der Waals surface area contributed by atoms with Crippen LogP contribution in [0.3, 0.4) is 0 Å². The van der Waals surface area contributed by atoms with Crippen LogP contribution in [0.25, 0.3) is 21.5 Å². The minimum Gasteiger partial charge on any atom is -0.506 e. The molecule has 4 aromatic carbocycles. The summed E-state index contributed by atoms with van der Waals surface area (Å²) in [6.07, 6.45) is 0. The fourth-order valence-corrected chi connectivity index (χ4v) is 3.95. The third kappa shape index (κ3) is 3.88. The first-order valence-electron chi connectivity index (χ1n) is 8.62. The van der Waals surface area contributed by atoms with E-state index in [4.69, 9.17) is 0 Å². The first kappa shape index (κ1) is 21.7. The average Bonchev–Trinajstić information content (AvgIpc) is 2.67. The van der Waals surface area contributed by atoms with Crippen LogP contribution in [0.4, 0.5) is 11.4 Å². The number of hydrogen-bond donors (Lipinski definition) is 3. The predicted octanol–water partition coefficient (Wildman–Crippen LogP) is 5.37. The minimum atomic E-state index is -4.56. The van der Waals surface area contributed by atoms with Gasteiger partial charge < -0.3 is 10.2 Å². The molecule has 152 valence electrons. The number of phenolic OH excluding ortho intramolecular Hbond substituents is 2. The van der Waals surface area contributed by atoms with E-state index in [0.29, 0.717) is 10.8 Å². The Morgan fingerprint density at radius 1 is 0.767 bits per heavy atom. The summed E-state index contributed by atoms with van der Waals surface area (Å²) in [6.45, 7) is 1.77. The van der Waals surface area contributed by atoms with Crippen LogP contribution in [0.15, 0.2) is 75.8 Å². The number of hydrogen-bond acceptors (Lipinski definition) is 6. The van der Waals surface area contributed by atoms with Gasteiger partial charge in [-0.3, -0.25) is 4.55 Å². The van der Waals surface area contributed by atoms with Crippen LogP contribution in [0.2, 0.25) is 0 Å². The first-order chi connectivity index (χ1) is 13.8. The Balaban J connectivity index is 0.00000256. The molecule has 7 nitrogen and oxygen atoms in total. The summed E-state index contributed by atoms with van der Waals surface area (Å²) in [4.78, 5) is -0.416. The maximum atomic E-state index is 11.7. The molecular formula is C21H16CrN2O5S. The van der Waals surface area contributed by atoms with Gasteiger partial charge in [-0.25, -0.2) is 0 Å². The Morgan fingerprint density at radius 3 is 2.13 bits per heavy atom. The van der Waals surface area contributed by atoms with Gasteiger partial charge in [0.2, 0.25) is 0 Å². The average molecular weight is 460 g/mol. The van der Waals surface area contributed by atoms with Crippen molar-refractivity contribution in [3.05, 3.63) is 66.2 Å². The molecule has 0 spiro atoms. The van der Waals surface area contributed by atoms with Gasteiger partial charge in [-0.2, -0.15) is 8.42 Å². The molecule has 30 heavy (non-hydrogen) atoms. The number of phenols is 2. The topological polar surface area (TPSA) is 120 Å². The van der Waals surface area contributed by atoms with Gasteiger partial charge in [-0.05, 0) is 24.4 Å². The molecule has 4 rings (SSSR count). The monoisotopic (exact) mass is 460 g/mol. The molecule has 9 heteroatoms. The van der Waals surface area contributed by atoms with E-state index in [0.717, 1.165) is 17.0 Å². The zero-order chi connectivity index (χ0) is 20.8. The number of azo groups is 1. The van der Waals surface area contributed by atoms with Crippen molar-refractivity contribution in [2.75, 3.05) is 0 Å². The number of aryl methyl sites for hydroxylation is 1. The second kappa shape index (κ2) is 8.05. The molecule has 0 aliphatic rings. The van der Waals surface area contributed by atoms with Crippen molar-refractivity contribution < 1.29 is 40.5 Å². The number of fused-ring (bicyclic) bond motifs is 2. The summed E-state index contributed by atoms with van der Waals surface area (Å²) in [6, 6.07) is 16.4. The number of aromatic hydroxyl groups is 2. The summed E-state index contributed by atoms with van der Waals surface area (Å²) in [7, 11) is -4.56. The molecule has 0 fully saturated rings. The van der Waals surface area contributed by atoms with E-state index in [-0.39, 0.29) is 39.9 Å². The molecule has 0 aromatic heterocycles. The van der Waals surface area contributed by atoms with Gasteiger partial charge in [0.1, 0.15) is 27.8 Å². The predicted molar refractivity (Wildman–Crippen MR) is 110 cm³/mol. The van der Waals surface area contributed by atoms with Crippen molar-refractivity contribution in [2.45, 2.75) is 11.8 Å². The Morgan fingerprint density at radius 2 is 1.43 bits per heavy atom. The van der Waals surface area contributed by atoms with Crippen molar-refractivity contribution in [1.29, 1.82) is 0 Å². The normalized spacial score (nSPS) is 11.8. The molecule has 0 amide bonds. The molecule has 0 bridgehead atoms. The third-order valence-electron chi connectivity index (χ3n) is 4.61. The first-order valence-corrected chi connectivity index (χ1v) is 10.1. The molecular weight excluding hydrogens is 444 g/mol. The van der Waals surface area contributed by atoms with E-state index in [1.807, 2.05) is 12.1 Å². The summed E-state index contributed by atoms with van der Waals surface area (Å²) in [5.41, 5.74) is 1.02. The van der Waals surface area contributed by atoms with Crippen molar-refractivity contribution in [1.82, 2.24) is 0 Å². The van der Waals surface area contributed by atoms with Gasteiger partial charge in [-0.1, -0.05) is 48.0 Å². The van der Waals surface area contributed by atoms with Gasteiger partial charge in [0.25, 0.3) is 10.1 Å². The van der Waals surface area contributed by atoms with E-state index in [9.17, 15) is 23.2 Å². The van der Waals surface area contributed by atoms with E-state index < -0.39 is 20.8 Å². The Labute approximate surface area is 183 Å². The van der Waals surface area contributed by atoms with Crippen LogP contribution < -0.4 is 0 Å². The molecule has 0 radical (unpaired) electrons. The molecule has 0 aliphatic heterocycles.